The summed E-state index contributed by atoms with van der Waals surface area (Å²) in [6.07, 6.45) is 2.50. The van der Waals surface area contributed by atoms with Gasteiger partial charge in [-0.25, -0.2) is 4.39 Å². The Labute approximate surface area is 145 Å². The quantitative estimate of drug-likeness (QED) is 0.787. The largest absolute Gasteiger partial charge is 0.469 e. The molecular formula is C20H20FNO3. The second-order valence-electron chi connectivity index (χ2n) is 7.07. The van der Waals surface area contributed by atoms with Crippen molar-refractivity contribution in [2.75, 3.05) is 20.2 Å². The van der Waals surface area contributed by atoms with Crippen LogP contribution in [0.3, 0.4) is 0 Å². The second kappa shape index (κ2) is 5.83. The number of halogens is 1. The molecule has 1 heterocycles. The molecule has 130 valence electrons. The summed E-state index contributed by atoms with van der Waals surface area (Å²) in [5.74, 6) is -0.532. The molecule has 1 aliphatic heterocycles. The highest BCUT2D eigenvalue weighted by atomic mass is 19.1. The molecule has 2 aliphatic rings. The summed E-state index contributed by atoms with van der Waals surface area (Å²) < 4.78 is 18.8. The molecule has 1 spiro atoms. The van der Waals surface area contributed by atoms with Crippen LogP contribution < -0.4 is 0 Å². The van der Waals surface area contributed by atoms with Crippen molar-refractivity contribution in [1.82, 2.24) is 4.90 Å². The third-order valence-corrected chi connectivity index (χ3v) is 5.82. The highest BCUT2D eigenvalue weighted by Gasteiger charge is 2.59. The Morgan fingerprint density at radius 3 is 2.48 bits per heavy atom. The highest BCUT2D eigenvalue weighted by molar-refractivity contribution is 6.07. The predicted molar refractivity (Wildman–Crippen MR) is 91.6 cm³/mol. The Morgan fingerprint density at radius 1 is 1.12 bits per heavy atom. The summed E-state index contributed by atoms with van der Waals surface area (Å²) in [6, 6.07) is 9.98. The molecule has 4 rings (SSSR count). The highest BCUT2D eigenvalue weighted by Crippen LogP contribution is 2.59. The van der Waals surface area contributed by atoms with E-state index >= 15 is 0 Å². The third-order valence-electron chi connectivity index (χ3n) is 5.82. The van der Waals surface area contributed by atoms with E-state index in [1.54, 1.807) is 24.3 Å². The zero-order chi connectivity index (χ0) is 17.6. The van der Waals surface area contributed by atoms with Gasteiger partial charge in [0, 0.05) is 24.0 Å². The molecule has 0 bridgehead atoms. The zero-order valence-electron chi connectivity index (χ0n) is 14.1. The number of benzene rings is 2. The Kier molecular flexibility index (Phi) is 3.74. The van der Waals surface area contributed by atoms with Gasteiger partial charge in [-0.2, -0.15) is 0 Å². The molecule has 0 aromatic heterocycles. The minimum absolute atomic E-state index is 0.0126. The molecule has 1 atom stereocenters. The number of esters is 1. The molecule has 5 heteroatoms. The van der Waals surface area contributed by atoms with Crippen molar-refractivity contribution < 1.29 is 18.7 Å². The average Bonchev–Trinajstić information content (AvgIpc) is 3.35. The van der Waals surface area contributed by atoms with Gasteiger partial charge in [-0.05, 0) is 42.2 Å². The minimum Gasteiger partial charge on any atom is -0.469 e. The molecule has 1 saturated carbocycles. The van der Waals surface area contributed by atoms with Crippen LogP contribution in [-0.4, -0.2) is 37.0 Å². The van der Waals surface area contributed by atoms with Crippen LogP contribution >= 0.6 is 0 Å². The van der Waals surface area contributed by atoms with Crippen LogP contribution in [0.15, 0.2) is 36.4 Å². The molecule has 1 saturated heterocycles. The van der Waals surface area contributed by atoms with Crippen LogP contribution in [0.2, 0.25) is 0 Å². The number of hydrogen-bond donors (Lipinski definition) is 0. The van der Waals surface area contributed by atoms with Gasteiger partial charge in [0.1, 0.15) is 5.82 Å². The van der Waals surface area contributed by atoms with E-state index in [2.05, 4.69) is 0 Å². The molecule has 1 aliphatic carbocycles. The zero-order valence-corrected chi connectivity index (χ0v) is 14.1. The minimum atomic E-state index is -0.316. The van der Waals surface area contributed by atoms with E-state index in [1.807, 2.05) is 11.0 Å². The van der Waals surface area contributed by atoms with E-state index in [0.29, 0.717) is 29.4 Å². The van der Waals surface area contributed by atoms with Gasteiger partial charge in [0.05, 0.1) is 13.0 Å². The maximum absolute atomic E-state index is 14.0. The van der Waals surface area contributed by atoms with Crippen molar-refractivity contribution in [2.45, 2.75) is 19.3 Å². The molecule has 0 N–H and O–H groups in total. The molecule has 0 radical (unpaired) electrons. The van der Waals surface area contributed by atoms with E-state index in [1.165, 1.54) is 13.2 Å². The van der Waals surface area contributed by atoms with Gasteiger partial charge in [-0.15, -0.1) is 0 Å². The standard InChI is InChI=1S/C20H20FNO3/c1-25-19(24)16-12-20(16)8-10-22(11-9-20)18(23)15-6-7-17(21)14-5-3-2-4-13(14)15/h2-7,16H,8-12H2,1H3/t16-/m0/s1. The Morgan fingerprint density at radius 2 is 1.80 bits per heavy atom. The first-order chi connectivity index (χ1) is 12.1. The maximum Gasteiger partial charge on any atom is 0.309 e. The SMILES string of the molecule is COC(=O)[C@@H]1CC12CCN(C(=O)c1ccc(F)c3ccccc13)CC2. The number of amides is 1. The Balaban J connectivity index is 1.52. The summed E-state index contributed by atoms with van der Waals surface area (Å²) in [5.41, 5.74) is 0.558. The fourth-order valence-corrected chi connectivity index (χ4v) is 4.15. The first kappa shape index (κ1) is 16.1. The number of ether oxygens (including phenoxy) is 1. The topological polar surface area (TPSA) is 46.6 Å². The molecule has 2 aromatic carbocycles. The number of carbonyl (C=O) groups excluding carboxylic acids is 2. The number of likely N-dealkylation sites (tertiary alicyclic amines) is 1. The van der Waals surface area contributed by atoms with Gasteiger partial charge in [0.2, 0.25) is 0 Å². The number of carbonyl (C=O) groups is 2. The average molecular weight is 341 g/mol. The second-order valence-corrected chi connectivity index (χ2v) is 7.07. The van der Waals surface area contributed by atoms with Gasteiger partial charge >= 0.3 is 5.97 Å². The summed E-state index contributed by atoms with van der Waals surface area (Å²) in [7, 11) is 1.42. The van der Waals surface area contributed by atoms with E-state index < -0.39 is 0 Å². The number of nitrogens with zero attached hydrogens (tertiary/aromatic N) is 1. The lowest BCUT2D eigenvalue weighted by molar-refractivity contribution is -0.143. The van der Waals surface area contributed by atoms with E-state index in [9.17, 15) is 14.0 Å². The molecule has 2 aromatic rings. The number of rotatable bonds is 2. The summed E-state index contributed by atoms with van der Waals surface area (Å²) >= 11 is 0. The lowest BCUT2D eigenvalue weighted by Crippen LogP contribution is -2.40. The van der Waals surface area contributed by atoms with Crippen LogP contribution in [-0.2, 0) is 9.53 Å². The number of methoxy groups -OCH3 is 1. The molecule has 1 amide bonds. The third kappa shape index (κ3) is 2.58. The lowest BCUT2D eigenvalue weighted by Gasteiger charge is -2.33. The van der Waals surface area contributed by atoms with Gasteiger partial charge in [-0.3, -0.25) is 9.59 Å². The smallest absolute Gasteiger partial charge is 0.309 e. The van der Waals surface area contributed by atoms with Crippen molar-refractivity contribution in [2.24, 2.45) is 11.3 Å². The fourth-order valence-electron chi connectivity index (χ4n) is 4.15. The van der Waals surface area contributed by atoms with Crippen LogP contribution in [0.25, 0.3) is 10.8 Å². The van der Waals surface area contributed by atoms with Crippen molar-refractivity contribution >= 4 is 22.6 Å². The van der Waals surface area contributed by atoms with Crippen molar-refractivity contribution in [3.8, 4) is 0 Å². The first-order valence-corrected chi connectivity index (χ1v) is 8.60. The Hall–Kier alpha value is -2.43. The lowest BCUT2D eigenvalue weighted by atomic mass is 9.90. The first-order valence-electron chi connectivity index (χ1n) is 8.60. The molecule has 4 nitrogen and oxygen atoms in total. The van der Waals surface area contributed by atoms with E-state index in [4.69, 9.17) is 4.74 Å². The van der Waals surface area contributed by atoms with Gasteiger partial charge in [0.25, 0.3) is 5.91 Å². The summed E-state index contributed by atoms with van der Waals surface area (Å²) in [6.45, 7) is 1.25. The van der Waals surface area contributed by atoms with Gasteiger partial charge in [-0.1, -0.05) is 24.3 Å². The van der Waals surface area contributed by atoms with Crippen molar-refractivity contribution in [1.29, 1.82) is 0 Å². The fraction of sp³-hybridized carbons (Fsp3) is 0.400. The number of hydrogen-bond acceptors (Lipinski definition) is 3. The normalized spacial score (nSPS) is 21.4. The number of fused-ring (bicyclic) bond motifs is 1. The number of piperidine rings is 1. The van der Waals surface area contributed by atoms with Crippen LogP contribution in [0.5, 0.6) is 0 Å². The van der Waals surface area contributed by atoms with Crippen LogP contribution in [0, 0.1) is 17.2 Å². The Bertz CT molecular complexity index is 855. The van der Waals surface area contributed by atoms with E-state index in [-0.39, 0.29) is 29.0 Å². The van der Waals surface area contributed by atoms with Crippen LogP contribution in [0.4, 0.5) is 4.39 Å². The van der Waals surface area contributed by atoms with Crippen molar-refractivity contribution in [3.05, 3.63) is 47.8 Å². The monoisotopic (exact) mass is 341 g/mol. The van der Waals surface area contributed by atoms with Crippen molar-refractivity contribution in [3.63, 3.8) is 0 Å². The summed E-state index contributed by atoms with van der Waals surface area (Å²) in [5, 5.41) is 1.11. The van der Waals surface area contributed by atoms with Crippen LogP contribution in [0.1, 0.15) is 29.6 Å². The van der Waals surface area contributed by atoms with Gasteiger partial charge in [0.15, 0.2) is 0 Å². The van der Waals surface area contributed by atoms with Gasteiger partial charge < -0.3 is 9.64 Å². The van der Waals surface area contributed by atoms with E-state index in [0.717, 1.165) is 19.3 Å². The molecular weight excluding hydrogens is 321 g/mol. The molecule has 0 unspecified atom stereocenters. The molecule has 25 heavy (non-hydrogen) atoms. The molecule has 2 fully saturated rings. The maximum atomic E-state index is 14.0. The predicted octanol–water partition coefficient (Wildman–Crippen LogP) is 3.39. The summed E-state index contributed by atoms with van der Waals surface area (Å²) in [4.78, 5) is 26.5.